The van der Waals surface area contributed by atoms with Gasteiger partial charge in [-0.25, -0.2) is 19.7 Å². The van der Waals surface area contributed by atoms with Gasteiger partial charge in [-0.1, -0.05) is 12.1 Å². The second kappa shape index (κ2) is 10.5. The zero-order chi connectivity index (χ0) is 25.8. The first kappa shape index (κ1) is 25.4. The van der Waals surface area contributed by atoms with Crippen LogP contribution in [-0.2, 0) is 16.0 Å². The molecule has 192 valence electrons. The van der Waals surface area contributed by atoms with Crippen molar-refractivity contribution < 1.29 is 19.4 Å². The number of phenolic OH excluding ortho intramolecular Hbond substituents is 1. The number of carbonyl (C=O) groups excluding carboxylic acids is 2. The normalized spacial score (nSPS) is 15.4. The van der Waals surface area contributed by atoms with Crippen LogP contribution in [0.2, 0.25) is 0 Å². The molecule has 3 heterocycles. The fraction of sp³-hybridized carbons (Fsp3) is 0.462. The van der Waals surface area contributed by atoms with E-state index in [4.69, 9.17) is 4.74 Å². The van der Waals surface area contributed by atoms with Crippen molar-refractivity contribution in [2.45, 2.75) is 57.6 Å². The number of aromatic amines is 1. The number of rotatable bonds is 7. The molecule has 0 spiro atoms. The highest BCUT2D eigenvalue weighted by Gasteiger charge is 2.50. The van der Waals surface area contributed by atoms with Crippen molar-refractivity contribution in [2.24, 2.45) is 0 Å². The third-order valence-corrected chi connectivity index (χ3v) is 6.24. The number of hydrogen-bond acceptors (Lipinski definition) is 7. The Morgan fingerprint density at radius 2 is 1.97 bits per heavy atom. The summed E-state index contributed by atoms with van der Waals surface area (Å²) >= 11 is 0. The van der Waals surface area contributed by atoms with Crippen LogP contribution in [-0.4, -0.2) is 62.8 Å². The summed E-state index contributed by atoms with van der Waals surface area (Å²) in [6.07, 6.45) is 4.68. The smallest absolute Gasteiger partial charge is 0.417 e. The number of amides is 2. The van der Waals surface area contributed by atoms with Gasteiger partial charge in [-0.2, -0.15) is 0 Å². The third kappa shape index (κ3) is 5.59. The average molecular weight is 495 g/mol. The van der Waals surface area contributed by atoms with E-state index in [1.807, 2.05) is 6.07 Å². The lowest BCUT2D eigenvalue weighted by molar-refractivity contribution is -0.127. The van der Waals surface area contributed by atoms with Crippen LogP contribution in [0.15, 0.2) is 42.9 Å². The zero-order valence-corrected chi connectivity index (χ0v) is 21.0. The molecule has 1 saturated heterocycles. The summed E-state index contributed by atoms with van der Waals surface area (Å²) in [6.45, 7) is 6.95. The summed E-state index contributed by atoms with van der Waals surface area (Å²) in [7, 11) is 0. The maximum Gasteiger partial charge on any atom is 0.417 e. The van der Waals surface area contributed by atoms with Gasteiger partial charge in [0.25, 0.3) is 0 Å². The van der Waals surface area contributed by atoms with Crippen molar-refractivity contribution >= 4 is 28.9 Å². The first-order valence-corrected chi connectivity index (χ1v) is 12.3. The van der Waals surface area contributed by atoms with E-state index in [0.717, 1.165) is 5.56 Å². The molecule has 0 saturated carbocycles. The molecule has 1 aromatic carbocycles. The number of ether oxygens (including phenoxy) is 1. The van der Waals surface area contributed by atoms with Crippen molar-refractivity contribution in [1.29, 1.82) is 0 Å². The predicted octanol–water partition coefficient (Wildman–Crippen LogP) is 3.28. The lowest BCUT2D eigenvalue weighted by atomic mass is 9.85. The summed E-state index contributed by atoms with van der Waals surface area (Å²) in [4.78, 5) is 40.7. The van der Waals surface area contributed by atoms with Crippen molar-refractivity contribution in [2.75, 3.05) is 24.5 Å². The van der Waals surface area contributed by atoms with Crippen molar-refractivity contribution in [3.05, 3.63) is 48.4 Å². The first-order valence-electron chi connectivity index (χ1n) is 12.3. The largest absolute Gasteiger partial charge is 0.508 e. The number of anilines is 1. The maximum absolute atomic E-state index is 13.9. The van der Waals surface area contributed by atoms with Crippen LogP contribution in [0.1, 0.15) is 45.6 Å². The van der Waals surface area contributed by atoms with Gasteiger partial charge in [0.05, 0.1) is 5.39 Å². The van der Waals surface area contributed by atoms with Crippen LogP contribution in [0.4, 0.5) is 10.6 Å². The van der Waals surface area contributed by atoms with E-state index < -0.39 is 17.2 Å². The van der Waals surface area contributed by atoms with Gasteiger partial charge in [0.1, 0.15) is 28.9 Å². The van der Waals surface area contributed by atoms with Crippen LogP contribution in [0.25, 0.3) is 11.0 Å². The molecule has 1 aliphatic heterocycles. The van der Waals surface area contributed by atoms with Crippen LogP contribution < -0.4 is 15.5 Å². The standard InChI is InChI=1S/C26H34N6O4/c1-25(2,3)36-24(35)32(22-20-9-13-28-21(20)30-17-31-22)26(10-14-27-15-11-26)23(34)29-12-5-7-18-6-4-8-19(33)16-18/h4,6,8-9,13,16-17,27,33H,5,7,10-12,14-15H2,1-3H3,(H,29,34)(H,28,30,31). The molecule has 4 rings (SSSR count). The minimum Gasteiger partial charge on any atom is -0.508 e. The number of H-pyrrole nitrogens is 1. The van der Waals surface area contributed by atoms with Gasteiger partial charge in [-0.05, 0) is 83.3 Å². The van der Waals surface area contributed by atoms with Gasteiger partial charge in [0.15, 0.2) is 5.82 Å². The molecular formula is C26H34N6O4. The Kier molecular flexibility index (Phi) is 7.44. The minimum absolute atomic E-state index is 0.221. The molecule has 2 aromatic heterocycles. The molecule has 1 aliphatic rings. The topological polar surface area (TPSA) is 132 Å². The number of aromatic nitrogens is 3. The second-order valence-corrected chi connectivity index (χ2v) is 10.1. The fourth-order valence-corrected chi connectivity index (χ4v) is 4.57. The number of carbonyl (C=O) groups is 2. The Bertz CT molecular complexity index is 1210. The molecule has 0 atom stereocenters. The number of benzene rings is 1. The minimum atomic E-state index is -1.18. The van der Waals surface area contributed by atoms with Gasteiger partial charge in [-0.15, -0.1) is 0 Å². The number of fused-ring (bicyclic) bond motifs is 1. The van der Waals surface area contributed by atoms with Crippen molar-refractivity contribution in [3.63, 3.8) is 0 Å². The Balaban J connectivity index is 1.63. The molecule has 10 nitrogen and oxygen atoms in total. The Labute approximate surface area is 210 Å². The summed E-state index contributed by atoms with van der Waals surface area (Å²) in [5.74, 6) is 0.319. The first-order chi connectivity index (χ1) is 17.2. The van der Waals surface area contributed by atoms with Gasteiger partial charge < -0.3 is 25.5 Å². The number of nitrogens with zero attached hydrogens (tertiary/aromatic N) is 3. The molecule has 4 N–H and O–H groups in total. The summed E-state index contributed by atoms with van der Waals surface area (Å²) in [5, 5.41) is 16.7. The molecule has 3 aromatic rings. The Morgan fingerprint density at radius 1 is 1.19 bits per heavy atom. The molecule has 0 unspecified atom stereocenters. The third-order valence-electron chi connectivity index (χ3n) is 6.24. The van der Waals surface area contributed by atoms with E-state index in [0.29, 0.717) is 62.2 Å². The Hall–Kier alpha value is -3.66. The summed E-state index contributed by atoms with van der Waals surface area (Å²) < 4.78 is 5.80. The number of aryl methyl sites for hydroxylation is 1. The lowest BCUT2D eigenvalue weighted by Gasteiger charge is -2.44. The monoisotopic (exact) mass is 494 g/mol. The molecule has 36 heavy (non-hydrogen) atoms. The van der Waals surface area contributed by atoms with E-state index in [9.17, 15) is 14.7 Å². The van der Waals surface area contributed by atoms with Gasteiger partial charge in [0, 0.05) is 12.7 Å². The molecule has 0 radical (unpaired) electrons. The van der Waals surface area contributed by atoms with E-state index >= 15 is 0 Å². The molecule has 2 amide bonds. The zero-order valence-electron chi connectivity index (χ0n) is 21.0. The van der Waals surface area contributed by atoms with Crippen molar-refractivity contribution in [3.8, 4) is 5.75 Å². The number of nitrogens with one attached hydrogen (secondary N) is 3. The molecule has 0 aliphatic carbocycles. The summed E-state index contributed by atoms with van der Waals surface area (Å²) in [5.41, 5.74) is -0.376. The van der Waals surface area contributed by atoms with Crippen LogP contribution >= 0.6 is 0 Å². The number of piperidine rings is 1. The van der Waals surface area contributed by atoms with Gasteiger partial charge >= 0.3 is 6.09 Å². The fourth-order valence-electron chi connectivity index (χ4n) is 4.57. The molecule has 1 fully saturated rings. The van der Waals surface area contributed by atoms with E-state index in [1.165, 1.54) is 11.2 Å². The van der Waals surface area contributed by atoms with Gasteiger partial charge in [0.2, 0.25) is 5.91 Å². The molecule has 0 bridgehead atoms. The van der Waals surface area contributed by atoms with Gasteiger partial charge in [-0.3, -0.25) is 4.79 Å². The van der Waals surface area contributed by atoms with Crippen LogP contribution in [0.5, 0.6) is 5.75 Å². The number of phenols is 1. The number of hydrogen-bond donors (Lipinski definition) is 4. The highest BCUT2D eigenvalue weighted by atomic mass is 16.6. The Morgan fingerprint density at radius 3 is 2.69 bits per heavy atom. The quantitative estimate of drug-likeness (QED) is 0.371. The van der Waals surface area contributed by atoms with Crippen LogP contribution in [0, 0.1) is 0 Å². The molecular weight excluding hydrogens is 460 g/mol. The van der Waals surface area contributed by atoms with E-state index in [2.05, 4.69) is 25.6 Å². The number of aromatic hydroxyl groups is 1. The summed E-state index contributed by atoms with van der Waals surface area (Å²) in [6, 6.07) is 8.89. The second-order valence-electron chi connectivity index (χ2n) is 10.1. The predicted molar refractivity (Wildman–Crippen MR) is 137 cm³/mol. The van der Waals surface area contributed by atoms with Crippen molar-refractivity contribution in [1.82, 2.24) is 25.6 Å². The highest BCUT2D eigenvalue weighted by molar-refractivity contribution is 6.05. The van der Waals surface area contributed by atoms with E-state index in [1.54, 1.807) is 51.2 Å². The SMILES string of the molecule is CC(C)(C)OC(=O)N(c1ncnc2[nH]ccc12)C1(C(=O)NCCCc2cccc(O)c2)CCNCC1. The lowest BCUT2D eigenvalue weighted by Crippen LogP contribution is -2.65. The maximum atomic E-state index is 13.9. The van der Waals surface area contributed by atoms with Crippen LogP contribution in [0.3, 0.4) is 0 Å². The molecule has 10 heteroatoms. The van der Waals surface area contributed by atoms with E-state index in [-0.39, 0.29) is 11.7 Å². The average Bonchev–Trinajstić information content (AvgIpc) is 3.31. The highest BCUT2D eigenvalue weighted by Crippen LogP contribution is 2.35.